The van der Waals surface area contributed by atoms with E-state index < -0.39 is 5.97 Å². The molecule has 0 aromatic rings. The van der Waals surface area contributed by atoms with Crippen molar-refractivity contribution < 1.29 is 9.90 Å². The van der Waals surface area contributed by atoms with Gasteiger partial charge in [0.25, 0.3) is 0 Å². The second-order valence-electron chi connectivity index (χ2n) is 3.04. The quantitative estimate of drug-likeness (QED) is 0.570. The van der Waals surface area contributed by atoms with Crippen LogP contribution in [-0.2, 0) is 4.79 Å². The zero-order chi connectivity index (χ0) is 9.14. The van der Waals surface area contributed by atoms with Crippen LogP contribution in [0.5, 0.6) is 0 Å². The maximum atomic E-state index is 10.4. The van der Waals surface area contributed by atoms with Gasteiger partial charge in [0, 0.05) is 27.2 Å². The van der Waals surface area contributed by atoms with Crippen LogP contribution in [0.3, 0.4) is 0 Å². The van der Waals surface area contributed by atoms with Crippen LogP contribution < -0.4 is 0 Å². The van der Waals surface area contributed by atoms with Gasteiger partial charge in [-0.25, -0.2) is 4.79 Å². The minimum Gasteiger partial charge on any atom is -0.478 e. The van der Waals surface area contributed by atoms with Gasteiger partial charge in [0.05, 0.1) is 6.08 Å². The molecule has 0 aromatic carbocycles. The predicted molar refractivity (Wildman–Crippen MR) is 45.6 cm³/mol. The van der Waals surface area contributed by atoms with Gasteiger partial charge in [-0.1, -0.05) is 0 Å². The molecule has 0 radical (unpaired) electrons. The molecule has 0 saturated carbocycles. The maximum Gasteiger partial charge on any atom is 0.331 e. The van der Waals surface area contributed by atoms with E-state index in [1.807, 2.05) is 23.9 Å². The van der Waals surface area contributed by atoms with Crippen LogP contribution in [0.1, 0.15) is 6.42 Å². The summed E-state index contributed by atoms with van der Waals surface area (Å²) in [5.74, 6) is -0.0978. The average molecular weight is 170 g/mol. The molecule has 1 rings (SSSR count). The summed E-state index contributed by atoms with van der Waals surface area (Å²) >= 11 is 0. The minimum absolute atomic E-state index is 0.786. The Hall–Kier alpha value is -1.19. The van der Waals surface area contributed by atoms with Crippen molar-refractivity contribution in [1.29, 1.82) is 0 Å². The van der Waals surface area contributed by atoms with Gasteiger partial charge in [-0.15, -0.1) is 0 Å². The van der Waals surface area contributed by atoms with Gasteiger partial charge in [0.2, 0.25) is 0 Å². The van der Waals surface area contributed by atoms with Crippen molar-refractivity contribution in [2.45, 2.75) is 6.42 Å². The molecule has 0 spiro atoms. The lowest BCUT2D eigenvalue weighted by Crippen LogP contribution is -2.38. The highest BCUT2D eigenvalue weighted by molar-refractivity contribution is 5.80. The fourth-order valence-electron chi connectivity index (χ4n) is 1.40. The van der Waals surface area contributed by atoms with Crippen LogP contribution in [0.25, 0.3) is 0 Å². The highest BCUT2D eigenvalue weighted by Crippen LogP contribution is 2.13. The molecule has 1 aliphatic rings. The molecule has 1 saturated heterocycles. The fraction of sp³-hybridized carbons (Fsp3) is 0.625. The first-order valence-electron chi connectivity index (χ1n) is 3.98. The van der Waals surface area contributed by atoms with Crippen LogP contribution in [0.2, 0.25) is 0 Å². The monoisotopic (exact) mass is 170 g/mol. The molecule has 4 nitrogen and oxygen atoms in total. The van der Waals surface area contributed by atoms with Crippen molar-refractivity contribution in [1.82, 2.24) is 9.80 Å². The van der Waals surface area contributed by atoms with Crippen LogP contribution in [-0.4, -0.2) is 48.1 Å². The van der Waals surface area contributed by atoms with E-state index in [2.05, 4.69) is 0 Å². The predicted octanol–water partition coefficient (Wildman–Crippen LogP) is 0.180. The summed E-state index contributed by atoms with van der Waals surface area (Å²) in [5.41, 5.74) is 0. The summed E-state index contributed by atoms with van der Waals surface area (Å²) < 4.78 is 0. The van der Waals surface area contributed by atoms with Gasteiger partial charge in [0.1, 0.15) is 5.82 Å². The van der Waals surface area contributed by atoms with Crippen LogP contribution in [0, 0.1) is 0 Å². The first-order chi connectivity index (χ1) is 5.61. The molecular weight excluding hydrogens is 156 g/mol. The van der Waals surface area contributed by atoms with E-state index in [-0.39, 0.29) is 0 Å². The molecule has 0 atom stereocenters. The van der Waals surface area contributed by atoms with E-state index in [1.165, 1.54) is 6.08 Å². The Labute approximate surface area is 72.1 Å². The Morgan fingerprint density at radius 1 is 1.42 bits per heavy atom. The average Bonchev–Trinajstić information content (AvgIpc) is 1.97. The van der Waals surface area contributed by atoms with Crippen LogP contribution >= 0.6 is 0 Å². The Morgan fingerprint density at radius 2 is 1.92 bits per heavy atom. The maximum absolute atomic E-state index is 10.4. The largest absolute Gasteiger partial charge is 0.478 e. The zero-order valence-electron chi connectivity index (χ0n) is 7.45. The van der Waals surface area contributed by atoms with Gasteiger partial charge in [-0.05, 0) is 6.42 Å². The highest BCUT2D eigenvalue weighted by atomic mass is 16.4. The van der Waals surface area contributed by atoms with Crippen molar-refractivity contribution in [2.75, 3.05) is 27.2 Å². The number of nitrogens with zero attached hydrogens (tertiary/aromatic N) is 2. The molecule has 1 fully saturated rings. The summed E-state index contributed by atoms with van der Waals surface area (Å²) in [7, 11) is 3.81. The molecule has 0 aromatic heterocycles. The first kappa shape index (κ1) is 8.90. The van der Waals surface area contributed by atoms with Gasteiger partial charge in [-0.3, -0.25) is 0 Å². The number of carboxylic acid groups (broad SMARTS) is 1. The Balaban J connectivity index is 2.75. The number of hydrogen-bond acceptors (Lipinski definition) is 3. The van der Waals surface area contributed by atoms with Crippen molar-refractivity contribution in [3.8, 4) is 0 Å². The number of rotatable bonds is 1. The summed E-state index contributed by atoms with van der Waals surface area (Å²) in [4.78, 5) is 14.3. The van der Waals surface area contributed by atoms with Gasteiger partial charge in [0.15, 0.2) is 0 Å². The highest BCUT2D eigenvalue weighted by Gasteiger charge is 2.16. The summed E-state index contributed by atoms with van der Waals surface area (Å²) in [6.07, 6.45) is 2.34. The second kappa shape index (κ2) is 3.47. The van der Waals surface area contributed by atoms with Crippen LogP contribution in [0.4, 0.5) is 0 Å². The van der Waals surface area contributed by atoms with E-state index in [1.54, 1.807) is 0 Å². The number of aliphatic carboxylic acids is 1. The lowest BCUT2D eigenvalue weighted by Gasteiger charge is -2.35. The second-order valence-corrected chi connectivity index (χ2v) is 3.04. The third kappa shape index (κ3) is 1.90. The molecule has 0 bridgehead atoms. The van der Waals surface area contributed by atoms with Crippen molar-refractivity contribution in [3.63, 3.8) is 0 Å². The molecule has 0 amide bonds. The number of carbonyl (C=O) groups is 1. The standard InChI is InChI=1S/C8H14N2O2/c1-9-4-3-5-10(2)7(9)6-8(11)12/h6H,3-5H2,1-2H3,(H,11,12). The summed E-state index contributed by atoms with van der Waals surface area (Å²) in [6, 6.07) is 0. The Morgan fingerprint density at radius 3 is 2.33 bits per heavy atom. The van der Waals surface area contributed by atoms with Crippen molar-refractivity contribution >= 4 is 5.97 Å². The van der Waals surface area contributed by atoms with Gasteiger partial charge >= 0.3 is 5.97 Å². The third-order valence-corrected chi connectivity index (χ3v) is 2.02. The Kier molecular flexibility index (Phi) is 2.58. The smallest absolute Gasteiger partial charge is 0.331 e. The van der Waals surface area contributed by atoms with Gasteiger partial charge in [-0.2, -0.15) is 0 Å². The van der Waals surface area contributed by atoms with E-state index in [0.29, 0.717) is 0 Å². The molecule has 12 heavy (non-hydrogen) atoms. The molecule has 0 aliphatic carbocycles. The van der Waals surface area contributed by atoms with Gasteiger partial charge < -0.3 is 14.9 Å². The molecule has 1 N–H and O–H groups in total. The first-order valence-corrected chi connectivity index (χ1v) is 3.98. The molecule has 0 unspecified atom stereocenters. The molecule has 4 heteroatoms. The summed E-state index contributed by atoms with van der Waals surface area (Å²) in [6.45, 7) is 1.87. The van der Waals surface area contributed by atoms with Crippen molar-refractivity contribution in [2.24, 2.45) is 0 Å². The zero-order valence-corrected chi connectivity index (χ0v) is 7.45. The topological polar surface area (TPSA) is 43.8 Å². The van der Waals surface area contributed by atoms with Crippen molar-refractivity contribution in [3.05, 3.63) is 11.9 Å². The van der Waals surface area contributed by atoms with E-state index in [4.69, 9.17) is 5.11 Å². The molecule has 1 heterocycles. The Bertz CT molecular complexity index is 201. The minimum atomic E-state index is -0.884. The molecular formula is C8H14N2O2. The lowest BCUT2D eigenvalue weighted by molar-refractivity contribution is -0.131. The van der Waals surface area contributed by atoms with E-state index in [9.17, 15) is 4.79 Å². The molecule has 68 valence electrons. The third-order valence-electron chi connectivity index (χ3n) is 2.02. The summed E-state index contributed by atoms with van der Waals surface area (Å²) in [5, 5.41) is 8.57. The van der Waals surface area contributed by atoms with Crippen LogP contribution in [0.15, 0.2) is 11.9 Å². The molecule has 1 aliphatic heterocycles. The number of hydrogen-bond donors (Lipinski definition) is 1. The normalized spacial score (nSPS) is 18.0. The van der Waals surface area contributed by atoms with E-state index in [0.717, 1.165) is 25.3 Å². The van der Waals surface area contributed by atoms with E-state index >= 15 is 0 Å². The fourth-order valence-corrected chi connectivity index (χ4v) is 1.40. The lowest BCUT2D eigenvalue weighted by atomic mass is 10.3. The SMILES string of the molecule is CN1CCCN(C)C1=CC(=O)O. The number of carboxylic acids is 1.